The Balaban J connectivity index is 0.00000176. The van der Waals surface area contributed by atoms with Gasteiger partial charge in [0, 0.05) is 12.6 Å². The molecule has 0 bridgehead atoms. The number of tetrazole rings is 1. The fourth-order valence-electron chi connectivity index (χ4n) is 3.17. The molecule has 0 aliphatic carbocycles. The number of likely N-dealkylation sites (tertiary alicyclic amines) is 1. The minimum absolute atomic E-state index is 0. The molecule has 3 rings (SSSR count). The summed E-state index contributed by atoms with van der Waals surface area (Å²) in [6, 6.07) is 10.4. The lowest BCUT2D eigenvalue weighted by Gasteiger charge is -2.39. The first-order valence-electron chi connectivity index (χ1n) is 7.56. The zero-order chi connectivity index (χ0) is 14.7. The van der Waals surface area contributed by atoms with Crippen LogP contribution in [0.25, 0.3) is 5.69 Å². The highest BCUT2D eigenvalue weighted by Crippen LogP contribution is 2.24. The SMILES string of the molecule is CC1CCCN(Cc2nnnn2-c2ccccc2)C1CN.Cl. The predicted molar refractivity (Wildman–Crippen MR) is 88.1 cm³/mol. The summed E-state index contributed by atoms with van der Waals surface area (Å²) in [4.78, 5) is 2.42. The van der Waals surface area contributed by atoms with Crippen LogP contribution < -0.4 is 5.73 Å². The Labute approximate surface area is 137 Å². The number of halogens is 1. The van der Waals surface area contributed by atoms with Gasteiger partial charge in [0.05, 0.1) is 12.2 Å². The quantitative estimate of drug-likeness (QED) is 0.926. The van der Waals surface area contributed by atoms with Crippen LogP contribution in [-0.4, -0.2) is 44.2 Å². The van der Waals surface area contributed by atoms with Gasteiger partial charge >= 0.3 is 0 Å². The number of nitrogens with zero attached hydrogens (tertiary/aromatic N) is 5. The minimum Gasteiger partial charge on any atom is -0.329 e. The molecule has 2 atom stereocenters. The highest BCUT2D eigenvalue weighted by molar-refractivity contribution is 5.85. The van der Waals surface area contributed by atoms with Gasteiger partial charge in [0.2, 0.25) is 0 Å². The van der Waals surface area contributed by atoms with Crippen molar-refractivity contribution >= 4 is 12.4 Å². The van der Waals surface area contributed by atoms with Crippen LogP contribution in [0.5, 0.6) is 0 Å². The number of rotatable bonds is 4. The van der Waals surface area contributed by atoms with Crippen molar-refractivity contribution in [3.05, 3.63) is 36.2 Å². The Kier molecular flexibility index (Phi) is 5.88. The normalized spacial score (nSPS) is 22.3. The first-order valence-corrected chi connectivity index (χ1v) is 7.56. The van der Waals surface area contributed by atoms with Gasteiger partial charge < -0.3 is 5.73 Å². The second-order valence-corrected chi connectivity index (χ2v) is 5.74. The maximum Gasteiger partial charge on any atom is 0.170 e. The summed E-state index contributed by atoms with van der Waals surface area (Å²) in [5, 5.41) is 12.2. The fourth-order valence-corrected chi connectivity index (χ4v) is 3.17. The molecule has 0 amide bonds. The van der Waals surface area contributed by atoms with Crippen molar-refractivity contribution in [3.8, 4) is 5.69 Å². The van der Waals surface area contributed by atoms with Crippen LogP contribution in [-0.2, 0) is 6.54 Å². The van der Waals surface area contributed by atoms with Gasteiger partial charge in [-0.2, -0.15) is 4.68 Å². The molecule has 7 heteroatoms. The number of hydrogen-bond donors (Lipinski definition) is 1. The summed E-state index contributed by atoms with van der Waals surface area (Å²) in [6.07, 6.45) is 2.46. The van der Waals surface area contributed by atoms with Gasteiger partial charge in [0.15, 0.2) is 5.82 Å². The predicted octanol–water partition coefficient (Wildman–Crippen LogP) is 1.64. The summed E-state index contributed by atoms with van der Waals surface area (Å²) in [7, 11) is 0. The molecule has 2 aromatic rings. The van der Waals surface area contributed by atoms with E-state index >= 15 is 0 Å². The molecule has 0 saturated carbocycles. The van der Waals surface area contributed by atoms with Crippen molar-refractivity contribution in [1.29, 1.82) is 0 Å². The largest absolute Gasteiger partial charge is 0.329 e. The van der Waals surface area contributed by atoms with Crippen molar-refractivity contribution in [2.75, 3.05) is 13.1 Å². The first kappa shape index (κ1) is 16.9. The highest BCUT2D eigenvalue weighted by Gasteiger charge is 2.28. The third-order valence-corrected chi connectivity index (χ3v) is 4.35. The fraction of sp³-hybridized carbons (Fsp3) is 0.533. The molecular weight excluding hydrogens is 300 g/mol. The molecule has 22 heavy (non-hydrogen) atoms. The average Bonchev–Trinajstić information content (AvgIpc) is 2.97. The van der Waals surface area contributed by atoms with E-state index in [0.717, 1.165) is 24.6 Å². The Hall–Kier alpha value is -1.50. The topological polar surface area (TPSA) is 72.9 Å². The van der Waals surface area contributed by atoms with Crippen LogP contribution in [0.3, 0.4) is 0 Å². The second kappa shape index (κ2) is 7.67. The molecule has 6 nitrogen and oxygen atoms in total. The zero-order valence-corrected chi connectivity index (χ0v) is 13.6. The number of hydrogen-bond acceptors (Lipinski definition) is 5. The van der Waals surface area contributed by atoms with Crippen LogP contribution >= 0.6 is 12.4 Å². The Morgan fingerprint density at radius 1 is 1.27 bits per heavy atom. The Morgan fingerprint density at radius 2 is 2.05 bits per heavy atom. The number of nitrogens with two attached hydrogens (primary N) is 1. The van der Waals surface area contributed by atoms with Crippen LogP contribution in [0, 0.1) is 5.92 Å². The van der Waals surface area contributed by atoms with E-state index in [4.69, 9.17) is 5.73 Å². The van der Waals surface area contributed by atoms with Gasteiger partial charge in [-0.15, -0.1) is 17.5 Å². The lowest BCUT2D eigenvalue weighted by atomic mass is 9.91. The summed E-state index contributed by atoms with van der Waals surface area (Å²) >= 11 is 0. The molecule has 1 aromatic heterocycles. The van der Waals surface area contributed by atoms with E-state index in [9.17, 15) is 0 Å². The molecular formula is C15H23ClN6. The molecule has 2 N–H and O–H groups in total. The smallest absolute Gasteiger partial charge is 0.170 e. The number of benzene rings is 1. The third kappa shape index (κ3) is 3.45. The highest BCUT2D eigenvalue weighted by atomic mass is 35.5. The van der Waals surface area contributed by atoms with Crippen molar-refractivity contribution in [2.24, 2.45) is 11.7 Å². The monoisotopic (exact) mass is 322 g/mol. The van der Waals surface area contributed by atoms with Crippen LogP contribution in [0.4, 0.5) is 0 Å². The van der Waals surface area contributed by atoms with Crippen LogP contribution in [0.1, 0.15) is 25.6 Å². The summed E-state index contributed by atoms with van der Waals surface area (Å²) in [5.74, 6) is 1.50. The lowest BCUT2D eigenvalue weighted by Crippen LogP contribution is -2.48. The van der Waals surface area contributed by atoms with Crippen molar-refractivity contribution < 1.29 is 0 Å². The molecule has 2 heterocycles. The van der Waals surface area contributed by atoms with E-state index in [1.807, 2.05) is 35.0 Å². The van der Waals surface area contributed by atoms with E-state index in [1.54, 1.807) is 0 Å². The maximum atomic E-state index is 5.96. The van der Waals surface area contributed by atoms with E-state index < -0.39 is 0 Å². The molecule has 120 valence electrons. The number of para-hydroxylation sites is 1. The van der Waals surface area contributed by atoms with Gasteiger partial charge in [-0.05, 0) is 47.9 Å². The van der Waals surface area contributed by atoms with Gasteiger partial charge in [0.25, 0.3) is 0 Å². The van der Waals surface area contributed by atoms with Gasteiger partial charge in [-0.25, -0.2) is 0 Å². The minimum atomic E-state index is 0. The van der Waals surface area contributed by atoms with Gasteiger partial charge in [-0.1, -0.05) is 25.1 Å². The lowest BCUT2D eigenvalue weighted by molar-refractivity contribution is 0.0956. The standard InChI is InChI=1S/C15H22N6.ClH/c1-12-6-5-9-20(14(12)10-16)11-15-17-18-19-21(15)13-7-3-2-4-8-13;/h2-4,7-8,12,14H,5-6,9-11,16H2,1H3;1H. The number of piperidine rings is 1. The number of aromatic nitrogens is 4. The van der Waals surface area contributed by atoms with Gasteiger partial charge in [-0.3, -0.25) is 4.90 Å². The average molecular weight is 323 g/mol. The first-order chi connectivity index (χ1) is 10.3. The summed E-state index contributed by atoms with van der Waals surface area (Å²) in [6.45, 7) is 4.78. The van der Waals surface area contributed by atoms with E-state index in [-0.39, 0.29) is 12.4 Å². The maximum absolute atomic E-state index is 5.96. The molecule has 2 unspecified atom stereocenters. The molecule has 1 aliphatic heterocycles. The van der Waals surface area contributed by atoms with Crippen LogP contribution in [0.2, 0.25) is 0 Å². The molecule has 1 saturated heterocycles. The molecule has 1 fully saturated rings. The Morgan fingerprint density at radius 3 is 2.77 bits per heavy atom. The molecule has 1 aliphatic rings. The van der Waals surface area contributed by atoms with Crippen LogP contribution in [0.15, 0.2) is 30.3 Å². The van der Waals surface area contributed by atoms with E-state index in [2.05, 4.69) is 27.3 Å². The second-order valence-electron chi connectivity index (χ2n) is 5.74. The van der Waals surface area contributed by atoms with Crippen molar-refractivity contribution in [2.45, 2.75) is 32.4 Å². The van der Waals surface area contributed by atoms with Crippen molar-refractivity contribution in [1.82, 2.24) is 25.1 Å². The summed E-state index contributed by atoms with van der Waals surface area (Å²) in [5.41, 5.74) is 6.95. The summed E-state index contributed by atoms with van der Waals surface area (Å²) < 4.78 is 1.81. The van der Waals surface area contributed by atoms with E-state index in [1.165, 1.54) is 12.8 Å². The zero-order valence-electron chi connectivity index (χ0n) is 12.8. The third-order valence-electron chi connectivity index (χ3n) is 4.35. The Bertz CT molecular complexity index is 572. The van der Waals surface area contributed by atoms with Crippen molar-refractivity contribution in [3.63, 3.8) is 0 Å². The molecule has 1 aromatic carbocycles. The van der Waals surface area contributed by atoms with Gasteiger partial charge in [0.1, 0.15) is 0 Å². The molecule has 0 radical (unpaired) electrons. The van der Waals surface area contributed by atoms with E-state index in [0.29, 0.717) is 18.5 Å². The molecule has 0 spiro atoms.